The van der Waals surface area contributed by atoms with Crippen molar-refractivity contribution in [2.75, 3.05) is 33.2 Å². The number of rotatable bonds is 0. The molecule has 2 rings (SSSR count). The van der Waals surface area contributed by atoms with Gasteiger partial charge in [0.15, 0.2) is 0 Å². The summed E-state index contributed by atoms with van der Waals surface area (Å²) in [7, 11) is 1.89. The predicted octanol–water partition coefficient (Wildman–Crippen LogP) is 0.836. The fourth-order valence-electron chi connectivity index (χ4n) is 2.49. The second-order valence-corrected chi connectivity index (χ2v) is 5.63. The Morgan fingerprint density at radius 3 is 2.47 bits per heavy atom. The van der Waals surface area contributed by atoms with Crippen molar-refractivity contribution in [2.45, 2.75) is 32.4 Å². The minimum atomic E-state index is 0.202. The van der Waals surface area contributed by atoms with Gasteiger partial charge in [0.1, 0.15) is 0 Å². The lowest BCUT2D eigenvalue weighted by atomic mass is 10.0. The number of carbonyl (C=O) groups is 1. The molecule has 0 unspecified atom stereocenters. The highest BCUT2D eigenvalue weighted by Gasteiger charge is 2.40. The van der Waals surface area contributed by atoms with Crippen molar-refractivity contribution in [3.8, 4) is 0 Å². The van der Waals surface area contributed by atoms with Crippen molar-refractivity contribution in [3.63, 3.8) is 0 Å². The topological polar surface area (TPSA) is 26.8 Å². The molecule has 0 aliphatic carbocycles. The lowest BCUT2D eigenvalue weighted by Gasteiger charge is -2.43. The first-order chi connectivity index (χ1) is 6.89. The van der Waals surface area contributed by atoms with Gasteiger partial charge in [-0.25, -0.2) is 4.79 Å². The average molecular weight is 211 g/mol. The summed E-state index contributed by atoms with van der Waals surface area (Å²) in [4.78, 5) is 18.0. The molecule has 0 radical (unpaired) electrons. The average Bonchev–Trinajstić information content (AvgIpc) is 2.41. The van der Waals surface area contributed by atoms with Crippen molar-refractivity contribution in [2.24, 2.45) is 0 Å². The molecule has 0 aromatic heterocycles. The van der Waals surface area contributed by atoms with Crippen LogP contribution in [0.1, 0.15) is 20.8 Å². The maximum absolute atomic E-state index is 11.7. The fourth-order valence-corrected chi connectivity index (χ4v) is 2.49. The molecular formula is C11H21N3O. The Bertz CT molecular complexity index is 271. The van der Waals surface area contributed by atoms with Gasteiger partial charge in [-0.15, -0.1) is 0 Å². The normalized spacial score (nSPS) is 28.5. The molecule has 4 nitrogen and oxygen atoms in total. The molecule has 2 aliphatic heterocycles. The quantitative estimate of drug-likeness (QED) is 0.593. The van der Waals surface area contributed by atoms with E-state index in [1.165, 1.54) is 0 Å². The van der Waals surface area contributed by atoms with Crippen LogP contribution in [0, 0.1) is 0 Å². The largest absolute Gasteiger partial charge is 0.326 e. The van der Waals surface area contributed by atoms with Crippen LogP contribution in [0.2, 0.25) is 0 Å². The number of carbonyl (C=O) groups excluding carboxylic acids is 1. The lowest BCUT2D eigenvalue weighted by molar-refractivity contribution is 0.0558. The minimum absolute atomic E-state index is 0.202. The van der Waals surface area contributed by atoms with E-state index in [0.717, 1.165) is 26.2 Å². The molecule has 0 bridgehead atoms. The highest BCUT2D eigenvalue weighted by atomic mass is 16.2. The van der Waals surface area contributed by atoms with Crippen LogP contribution in [-0.4, -0.2) is 65.5 Å². The van der Waals surface area contributed by atoms with Crippen LogP contribution in [0.15, 0.2) is 0 Å². The molecule has 2 fully saturated rings. The van der Waals surface area contributed by atoms with E-state index in [1.54, 1.807) is 0 Å². The van der Waals surface area contributed by atoms with Crippen LogP contribution in [0.4, 0.5) is 4.79 Å². The third-order valence-electron chi connectivity index (χ3n) is 3.49. The molecule has 2 saturated heterocycles. The van der Waals surface area contributed by atoms with Crippen LogP contribution < -0.4 is 0 Å². The second kappa shape index (κ2) is 3.37. The Hall–Kier alpha value is -0.770. The molecule has 4 heteroatoms. The molecule has 15 heavy (non-hydrogen) atoms. The molecule has 86 valence electrons. The summed E-state index contributed by atoms with van der Waals surface area (Å²) in [6.07, 6.45) is 0. The maximum Gasteiger partial charge on any atom is 0.320 e. The summed E-state index contributed by atoms with van der Waals surface area (Å²) < 4.78 is 0. The summed E-state index contributed by atoms with van der Waals surface area (Å²) >= 11 is 0. The van der Waals surface area contributed by atoms with Gasteiger partial charge in [0.2, 0.25) is 0 Å². The van der Waals surface area contributed by atoms with E-state index in [0.29, 0.717) is 6.04 Å². The molecule has 0 aromatic carbocycles. The van der Waals surface area contributed by atoms with Gasteiger partial charge in [-0.3, -0.25) is 4.90 Å². The Morgan fingerprint density at radius 1 is 1.20 bits per heavy atom. The van der Waals surface area contributed by atoms with Gasteiger partial charge in [0.05, 0.1) is 6.04 Å². The monoisotopic (exact) mass is 211 g/mol. The number of fused-ring (bicyclic) bond motifs is 1. The number of nitrogens with zero attached hydrogens (tertiary/aromatic N) is 3. The zero-order chi connectivity index (χ0) is 11.2. The number of likely N-dealkylation sites (N-methyl/N-ethyl adjacent to an activating group) is 1. The summed E-state index contributed by atoms with van der Waals surface area (Å²) in [5, 5.41) is 0. The van der Waals surface area contributed by atoms with E-state index >= 15 is 0 Å². The third-order valence-corrected chi connectivity index (χ3v) is 3.49. The van der Waals surface area contributed by atoms with Gasteiger partial charge in [-0.05, 0) is 20.8 Å². The molecular weight excluding hydrogens is 190 g/mol. The predicted molar refractivity (Wildman–Crippen MR) is 59.8 cm³/mol. The first-order valence-electron chi connectivity index (χ1n) is 5.66. The molecule has 0 saturated carbocycles. The molecule has 0 N–H and O–H groups in total. The van der Waals surface area contributed by atoms with Crippen molar-refractivity contribution in [1.82, 2.24) is 14.7 Å². The number of piperazine rings is 1. The molecule has 2 aliphatic rings. The summed E-state index contributed by atoms with van der Waals surface area (Å²) in [6.45, 7) is 10.5. The molecule has 0 aromatic rings. The summed E-state index contributed by atoms with van der Waals surface area (Å²) in [6, 6.07) is 0.601. The van der Waals surface area contributed by atoms with Crippen LogP contribution >= 0.6 is 0 Å². The second-order valence-electron chi connectivity index (χ2n) is 5.63. The van der Waals surface area contributed by atoms with Crippen molar-refractivity contribution in [3.05, 3.63) is 0 Å². The van der Waals surface area contributed by atoms with Gasteiger partial charge < -0.3 is 9.80 Å². The van der Waals surface area contributed by atoms with E-state index < -0.39 is 0 Å². The Balaban J connectivity index is 2.06. The summed E-state index contributed by atoms with van der Waals surface area (Å²) in [5.74, 6) is 0. The smallest absolute Gasteiger partial charge is 0.320 e. The molecule has 2 heterocycles. The SMILES string of the molecule is CN1C[C@H]2CN(C(C)(C)C)CCN2C1=O. The minimum Gasteiger partial charge on any atom is -0.326 e. The van der Waals surface area contributed by atoms with Crippen LogP contribution in [0.3, 0.4) is 0 Å². The summed E-state index contributed by atoms with van der Waals surface area (Å²) in [5.41, 5.74) is 0.219. The maximum atomic E-state index is 11.7. The van der Waals surface area contributed by atoms with E-state index in [-0.39, 0.29) is 11.6 Å². The first-order valence-corrected chi connectivity index (χ1v) is 5.66. The van der Waals surface area contributed by atoms with Gasteiger partial charge in [-0.1, -0.05) is 0 Å². The third kappa shape index (κ3) is 1.83. The van der Waals surface area contributed by atoms with Gasteiger partial charge in [0, 0.05) is 38.8 Å². The van der Waals surface area contributed by atoms with Crippen LogP contribution in [0.5, 0.6) is 0 Å². The highest BCUT2D eigenvalue weighted by Crippen LogP contribution is 2.23. The van der Waals surface area contributed by atoms with E-state index in [2.05, 4.69) is 25.7 Å². The molecule has 2 amide bonds. The highest BCUT2D eigenvalue weighted by molar-refractivity contribution is 5.77. The van der Waals surface area contributed by atoms with Crippen molar-refractivity contribution >= 4 is 6.03 Å². The molecule has 0 spiro atoms. The van der Waals surface area contributed by atoms with E-state index in [1.807, 2.05) is 16.8 Å². The number of amides is 2. The lowest BCUT2D eigenvalue weighted by Crippen LogP contribution is -2.57. The van der Waals surface area contributed by atoms with Crippen LogP contribution in [-0.2, 0) is 0 Å². The zero-order valence-electron chi connectivity index (χ0n) is 10.2. The van der Waals surface area contributed by atoms with E-state index in [9.17, 15) is 4.79 Å². The van der Waals surface area contributed by atoms with Gasteiger partial charge in [-0.2, -0.15) is 0 Å². The Morgan fingerprint density at radius 2 is 1.87 bits per heavy atom. The first kappa shape index (κ1) is 10.7. The fraction of sp³-hybridized carbons (Fsp3) is 0.909. The number of urea groups is 1. The van der Waals surface area contributed by atoms with Crippen LogP contribution in [0.25, 0.3) is 0 Å². The van der Waals surface area contributed by atoms with Gasteiger partial charge >= 0.3 is 6.03 Å². The molecule has 1 atom stereocenters. The van der Waals surface area contributed by atoms with Crippen molar-refractivity contribution < 1.29 is 4.79 Å². The number of hydrogen-bond acceptors (Lipinski definition) is 2. The zero-order valence-corrected chi connectivity index (χ0v) is 10.2. The van der Waals surface area contributed by atoms with Gasteiger partial charge in [0.25, 0.3) is 0 Å². The van der Waals surface area contributed by atoms with Crippen molar-refractivity contribution in [1.29, 1.82) is 0 Å². The standard InChI is InChI=1S/C11H21N3O/c1-11(2,3)13-5-6-14-9(8-13)7-12(4)10(14)15/h9H,5-8H2,1-4H3/t9-/m0/s1. The Labute approximate surface area is 91.8 Å². The van der Waals surface area contributed by atoms with E-state index in [4.69, 9.17) is 0 Å². The Kier molecular flexibility index (Phi) is 2.41. The number of hydrogen-bond donors (Lipinski definition) is 0.